The molecule has 7 aromatic rings. The highest BCUT2D eigenvalue weighted by Gasteiger charge is 2.51. The number of anilines is 3. The van der Waals surface area contributed by atoms with Gasteiger partial charge in [0.2, 0.25) is 0 Å². The molecule has 0 saturated carbocycles. The molecule has 1 N–H and O–H groups in total. The lowest BCUT2D eigenvalue weighted by molar-refractivity contribution is -0.114. The lowest BCUT2D eigenvalue weighted by Crippen LogP contribution is -2.67. The van der Waals surface area contributed by atoms with E-state index in [1.807, 2.05) is 73.8 Å². The molecule has 1 aliphatic rings. The van der Waals surface area contributed by atoms with E-state index in [1.54, 1.807) is 9.42 Å². The standard InChI is InChI=1S/C43H41N7O3Si/c1-29-22-32(16-19-39(29)53-34-20-21-50-40(24-34)45-28-47-50)48-41-37-23-33(17-18-38(37)44-27-46-41)49-25-31(30(2)42(49)51)26-52-54(43(3,4)5,35-12-8-6-9-13-35)36-14-10-7-11-15-36/h6-24,27-28,31H,2,25-26H2,1,3-5H3,(H,44,46,48). The summed E-state index contributed by atoms with van der Waals surface area (Å²) in [5, 5.41) is 10.6. The van der Waals surface area contributed by atoms with Crippen molar-refractivity contribution >= 4 is 58.3 Å². The number of nitrogens with one attached hydrogen (secondary N) is 1. The zero-order chi connectivity index (χ0) is 37.5. The number of hydrogen-bond donors (Lipinski definition) is 1. The highest BCUT2D eigenvalue weighted by molar-refractivity contribution is 6.99. The first kappa shape index (κ1) is 34.9. The predicted octanol–water partition coefficient (Wildman–Crippen LogP) is 7.61. The first-order valence-corrected chi connectivity index (χ1v) is 19.9. The first-order chi connectivity index (χ1) is 26.1. The number of pyridine rings is 1. The van der Waals surface area contributed by atoms with E-state index >= 15 is 0 Å². The molecule has 0 aliphatic carbocycles. The van der Waals surface area contributed by atoms with Gasteiger partial charge in [-0.05, 0) is 70.4 Å². The highest BCUT2D eigenvalue weighted by Crippen LogP contribution is 2.39. The molecule has 1 fully saturated rings. The summed E-state index contributed by atoms with van der Waals surface area (Å²) in [5.74, 6) is 1.74. The van der Waals surface area contributed by atoms with Crippen molar-refractivity contribution in [3.05, 3.63) is 146 Å². The molecule has 270 valence electrons. The highest BCUT2D eigenvalue weighted by atomic mass is 28.4. The van der Waals surface area contributed by atoms with Crippen molar-refractivity contribution in [3.8, 4) is 11.5 Å². The van der Waals surface area contributed by atoms with Gasteiger partial charge in [-0.2, -0.15) is 5.10 Å². The number of ether oxygens (including phenoxy) is 1. The minimum Gasteiger partial charge on any atom is -0.457 e. The van der Waals surface area contributed by atoms with Crippen molar-refractivity contribution in [1.29, 1.82) is 0 Å². The first-order valence-electron chi connectivity index (χ1n) is 18.0. The van der Waals surface area contributed by atoms with Crippen molar-refractivity contribution in [1.82, 2.24) is 24.6 Å². The summed E-state index contributed by atoms with van der Waals surface area (Å²) >= 11 is 0. The molecule has 8 rings (SSSR count). The maximum atomic E-state index is 13.9. The second-order valence-corrected chi connectivity index (χ2v) is 19.0. The Bertz CT molecular complexity index is 2460. The summed E-state index contributed by atoms with van der Waals surface area (Å²) in [4.78, 5) is 29.0. The molecular formula is C43H41N7O3Si. The van der Waals surface area contributed by atoms with E-state index in [2.05, 4.69) is 101 Å². The number of carbonyl (C=O) groups is 1. The van der Waals surface area contributed by atoms with Gasteiger partial charge in [-0.1, -0.05) is 88.0 Å². The molecule has 1 amide bonds. The van der Waals surface area contributed by atoms with Gasteiger partial charge in [0.15, 0.2) is 5.65 Å². The van der Waals surface area contributed by atoms with E-state index in [-0.39, 0.29) is 16.9 Å². The lowest BCUT2D eigenvalue weighted by Gasteiger charge is -2.43. The van der Waals surface area contributed by atoms with Crippen molar-refractivity contribution in [2.75, 3.05) is 23.4 Å². The van der Waals surface area contributed by atoms with Gasteiger partial charge in [-0.3, -0.25) is 4.79 Å². The SMILES string of the molecule is C=C1C(=O)N(c2ccc3ncnc(Nc4ccc(Oc5ccn6ncnc6c5)c(C)c4)c3c2)CC1CO[Si](c1ccccc1)(c1ccccc1)C(C)(C)C. The van der Waals surface area contributed by atoms with Gasteiger partial charge in [0.05, 0.1) is 5.52 Å². The number of rotatable bonds is 10. The van der Waals surface area contributed by atoms with Gasteiger partial charge in [0.25, 0.3) is 14.2 Å². The number of amides is 1. The maximum Gasteiger partial charge on any atom is 0.261 e. The molecule has 0 radical (unpaired) electrons. The molecule has 1 saturated heterocycles. The fourth-order valence-corrected chi connectivity index (χ4v) is 12.0. The largest absolute Gasteiger partial charge is 0.457 e. The van der Waals surface area contributed by atoms with Crippen molar-refractivity contribution in [2.45, 2.75) is 32.7 Å². The van der Waals surface area contributed by atoms with E-state index in [9.17, 15) is 4.79 Å². The van der Waals surface area contributed by atoms with Crippen LogP contribution in [0.3, 0.4) is 0 Å². The monoisotopic (exact) mass is 731 g/mol. The van der Waals surface area contributed by atoms with Crippen LogP contribution in [0.25, 0.3) is 16.6 Å². The van der Waals surface area contributed by atoms with Crippen LogP contribution >= 0.6 is 0 Å². The smallest absolute Gasteiger partial charge is 0.261 e. The van der Waals surface area contributed by atoms with E-state index in [1.165, 1.54) is 23.0 Å². The zero-order valence-electron chi connectivity index (χ0n) is 30.7. The van der Waals surface area contributed by atoms with Gasteiger partial charge in [-0.25, -0.2) is 19.5 Å². The van der Waals surface area contributed by atoms with Crippen LogP contribution < -0.4 is 25.3 Å². The van der Waals surface area contributed by atoms with Crippen LogP contribution in [0.4, 0.5) is 17.2 Å². The number of nitrogens with zero attached hydrogens (tertiary/aromatic N) is 6. The van der Waals surface area contributed by atoms with E-state index in [0.29, 0.717) is 35.9 Å². The second-order valence-electron chi connectivity index (χ2n) is 14.7. The average molecular weight is 732 g/mol. The number of fused-ring (bicyclic) bond motifs is 2. The molecule has 1 aliphatic heterocycles. The minimum absolute atomic E-state index is 0.105. The Kier molecular flexibility index (Phi) is 9.04. The number of hydrogen-bond acceptors (Lipinski definition) is 8. The summed E-state index contributed by atoms with van der Waals surface area (Å²) < 4.78 is 15.1. The number of carbonyl (C=O) groups excluding carboxylic acids is 1. The fraction of sp³-hybridized carbons (Fsp3) is 0.186. The molecule has 3 aromatic heterocycles. The number of benzene rings is 4. The van der Waals surface area contributed by atoms with Crippen molar-refractivity contribution < 1.29 is 14.0 Å². The number of aromatic nitrogens is 5. The molecule has 10 nitrogen and oxygen atoms in total. The van der Waals surface area contributed by atoms with Crippen molar-refractivity contribution in [2.24, 2.45) is 5.92 Å². The van der Waals surface area contributed by atoms with Crippen LogP contribution in [0.1, 0.15) is 26.3 Å². The Morgan fingerprint density at radius 1 is 0.870 bits per heavy atom. The van der Waals surface area contributed by atoms with Gasteiger partial charge in [0, 0.05) is 53.7 Å². The summed E-state index contributed by atoms with van der Waals surface area (Å²) in [6, 6.07) is 36.5. The van der Waals surface area contributed by atoms with E-state index < -0.39 is 8.32 Å². The third-order valence-corrected chi connectivity index (χ3v) is 15.2. The summed E-state index contributed by atoms with van der Waals surface area (Å²) in [6.45, 7) is 13.9. The van der Waals surface area contributed by atoms with Crippen LogP contribution in [-0.2, 0) is 9.22 Å². The number of aryl methyl sites for hydroxylation is 1. The summed E-state index contributed by atoms with van der Waals surface area (Å²) in [7, 11) is -2.79. The summed E-state index contributed by atoms with van der Waals surface area (Å²) in [5.41, 5.74) is 4.54. The lowest BCUT2D eigenvalue weighted by atomic mass is 10.1. The Hall–Kier alpha value is -6.17. The van der Waals surface area contributed by atoms with Gasteiger partial charge < -0.3 is 19.4 Å². The van der Waals surface area contributed by atoms with Crippen molar-refractivity contribution in [3.63, 3.8) is 0 Å². The Labute approximate surface area is 315 Å². The molecule has 0 spiro atoms. The van der Waals surface area contributed by atoms with Gasteiger partial charge in [-0.15, -0.1) is 0 Å². The average Bonchev–Trinajstić information content (AvgIpc) is 3.76. The Morgan fingerprint density at radius 2 is 1.61 bits per heavy atom. The predicted molar refractivity (Wildman–Crippen MR) is 216 cm³/mol. The van der Waals surface area contributed by atoms with Gasteiger partial charge in [0.1, 0.15) is 30.0 Å². The molecule has 4 heterocycles. The molecular weight excluding hydrogens is 691 g/mol. The third-order valence-electron chi connectivity index (χ3n) is 10.2. The Balaban J connectivity index is 1.03. The normalized spacial score (nSPS) is 15.0. The van der Waals surface area contributed by atoms with Crippen LogP contribution in [0.15, 0.2) is 140 Å². The topological polar surface area (TPSA) is 107 Å². The van der Waals surface area contributed by atoms with Crippen LogP contribution in [0, 0.1) is 12.8 Å². The van der Waals surface area contributed by atoms with Crippen LogP contribution in [0.2, 0.25) is 5.04 Å². The van der Waals surface area contributed by atoms with Crippen LogP contribution in [0.5, 0.6) is 11.5 Å². The summed E-state index contributed by atoms with van der Waals surface area (Å²) in [6.07, 6.45) is 4.86. The maximum absolute atomic E-state index is 13.9. The molecule has 4 aromatic carbocycles. The molecule has 0 bridgehead atoms. The minimum atomic E-state index is -2.79. The van der Waals surface area contributed by atoms with E-state index in [0.717, 1.165) is 33.6 Å². The molecule has 11 heteroatoms. The van der Waals surface area contributed by atoms with Crippen LogP contribution in [-0.4, -0.2) is 51.9 Å². The molecule has 1 atom stereocenters. The van der Waals surface area contributed by atoms with E-state index in [4.69, 9.17) is 9.16 Å². The Morgan fingerprint density at radius 3 is 2.31 bits per heavy atom. The fourth-order valence-electron chi connectivity index (χ4n) is 7.40. The quantitative estimate of drug-likeness (QED) is 0.113. The molecule has 1 unspecified atom stereocenters. The third kappa shape index (κ3) is 6.41. The molecule has 54 heavy (non-hydrogen) atoms. The van der Waals surface area contributed by atoms with Gasteiger partial charge >= 0.3 is 0 Å². The zero-order valence-corrected chi connectivity index (χ0v) is 31.7. The second kappa shape index (κ2) is 14.0.